The van der Waals surface area contributed by atoms with E-state index in [0.29, 0.717) is 17.5 Å². The monoisotopic (exact) mass is 515 g/mol. The number of unbranched alkanes of at least 4 members (excludes halogenated alkanes) is 1. The number of thioether (sulfide) groups is 1. The molecule has 0 atom stereocenters. The van der Waals surface area contributed by atoms with Crippen molar-refractivity contribution in [3.63, 3.8) is 0 Å². The predicted molar refractivity (Wildman–Crippen MR) is 151 cm³/mol. The molecule has 1 N–H and O–H groups in total. The molecule has 1 amide bonds. The van der Waals surface area contributed by atoms with Gasteiger partial charge in [-0.2, -0.15) is 0 Å². The summed E-state index contributed by atoms with van der Waals surface area (Å²) < 4.78 is 7.55. The van der Waals surface area contributed by atoms with Crippen molar-refractivity contribution in [2.75, 3.05) is 37.9 Å². The number of methoxy groups -OCH3 is 1. The van der Waals surface area contributed by atoms with Crippen molar-refractivity contribution in [1.29, 1.82) is 0 Å². The van der Waals surface area contributed by atoms with Crippen LogP contribution in [0.4, 0.5) is 5.69 Å². The normalized spacial score (nSPS) is 10.8. The van der Waals surface area contributed by atoms with Crippen molar-refractivity contribution in [3.05, 3.63) is 84.4 Å². The lowest BCUT2D eigenvalue weighted by Crippen LogP contribution is -2.27. The van der Waals surface area contributed by atoms with Gasteiger partial charge in [-0.15, -0.1) is 10.2 Å². The zero-order valence-electron chi connectivity index (χ0n) is 21.6. The van der Waals surface area contributed by atoms with Gasteiger partial charge in [-0.1, -0.05) is 59.8 Å². The number of aromatic nitrogens is 3. The molecule has 192 valence electrons. The Morgan fingerprint density at radius 3 is 2.46 bits per heavy atom. The van der Waals surface area contributed by atoms with Gasteiger partial charge in [0, 0.05) is 31.5 Å². The van der Waals surface area contributed by atoms with Crippen LogP contribution in [0.15, 0.2) is 84.0 Å². The van der Waals surface area contributed by atoms with E-state index in [-0.39, 0.29) is 11.7 Å². The minimum Gasteiger partial charge on any atom is -0.496 e. The number of benzene rings is 3. The predicted octanol–water partition coefficient (Wildman–Crippen LogP) is 5.38. The van der Waals surface area contributed by atoms with Gasteiger partial charge in [0.05, 0.1) is 18.4 Å². The maximum absolute atomic E-state index is 12.6. The number of anilines is 1. The van der Waals surface area contributed by atoms with Gasteiger partial charge >= 0.3 is 0 Å². The molecule has 7 nitrogen and oxygen atoms in total. The van der Waals surface area contributed by atoms with Crippen LogP contribution >= 0.6 is 11.8 Å². The summed E-state index contributed by atoms with van der Waals surface area (Å²) in [4.78, 5) is 14.8. The summed E-state index contributed by atoms with van der Waals surface area (Å²) in [5, 5.41) is 12.6. The standard InChI is InChI=1S/C29H33N5O2S/c1-22-15-17-24(18-16-22)34-28(25-13-7-8-14-26(25)36-3)31-32-29(34)37-21-27(35)30-19-9-10-20-33(2)23-11-5-4-6-12-23/h4-8,11-18H,9-10,19-21H2,1-3H3,(H,30,35). The minimum absolute atomic E-state index is 0.0151. The number of hydrogen-bond acceptors (Lipinski definition) is 6. The highest BCUT2D eigenvalue weighted by Crippen LogP contribution is 2.33. The van der Waals surface area contributed by atoms with Crippen molar-refractivity contribution in [2.24, 2.45) is 0 Å². The molecule has 37 heavy (non-hydrogen) atoms. The number of nitrogens with zero attached hydrogens (tertiary/aromatic N) is 4. The molecule has 0 aliphatic rings. The highest BCUT2D eigenvalue weighted by atomic mass is 32.2. The SMILES string of the molecule is COc1ccccc1-c1nnc(SCC(=O)NCCCCN(C)c2ccccc2)n1-c1ccc(C)cc1. The molecule has 1 heterocycles. The second-order valence-corrected chi connectivity index (χ2v) is 9.72. The van der Waals surface area contributed by atoms with E-state index in [1.807, 2.05) is 59.2 Å². The molecular weight excluding hydrogens is 482 g/mol. The van der Waals surface area contributed by atoms with Crippen LogP contribution in [0.25, 0.3) is 17.1 Å². The second-order valence-electron chi connectivity index (χ2n) is 8.78. The number of ether oxygens (including phenoxy) is 1. The van der Waals surface area contributed by atoms with E-state index in [1.165, 1.54) is 23.0 Å². The van der Waals surface area contributed by atoms with Gasteiger partial charge in [-0.05, 0) is 56.2 Å². The van der Waals surface area contributed by atoms with E-state index in [9.17, 15) is 4.79 Å². The summed E-state index contributed by atoms with van der Waals surface area (Å²) in [6.07, 6.45) is 1.92. The van der Waals surface area contributed by atoms with E-state index in [1.54, 1.807) is 7.11 Å². The minimum atomic E-state index is -0.0151. The average Bonchev–Trinajstić information content (AvgIpc) is 3.36. The van der Waals surface area contributed by atoms with Crippen molar-refractivity contribution in [2.45, 2.75) is 24.9 Å². The summed E-state index contributed by atoms with van der Waals surface area (Å²) >= 11 is 1.38. The zero-order valence-corrected chi connectivity index (χ0v) is 22.4. The maximum atomic E-state index is 12.6. The quantitative estimate of drug-likeness (QED) is 0.202. The van der Waals surface area contributed by atoms with Crippen molar-refractivity contribution in [3.8, 4) is 22.8 Å². The molecule has 0 unspecified atom stereocenters. The van der Waals surface area contributed by atoms with Crippen molar-refractivity contribution >= 4 is 23.4 Å². The number of hydrogen-bond donors (Lipinski definition) is 1. The molecule has 1 aromatic heterocycles. The summed E-state index contributed by atoms with van der Waals surface area (Å²) in [7, 11) is 3.74. The smallest absolute Gasteiger partial charge is 0.230 e. The van der Waals surface area contributed by atoms with Gasteiger partial charge in [0.15, 0.2) is 11.0 Å². The molecule has 0 saturated heterocycles. The van der Waals surface area contributed by atoms with Crippen LogP contribution in [0.2, 0.25) is 0 Å². The highest BCUT2D eigenvalue weighted by molar-refractivity contribution is 7.99. The molecule has 0 bridgehead atoms. The van der Waals surface area contributed by atoms with Gasteiger partial charge in [-0.25, -0.2) is 0 Å². The van der Waals surface area contributed by atoms with E-state index in [0.717, 1.165) is 36.4 Å². The van der Waals surface area contributed by atoms with Crippen LogP contribution in [0.5, 0.6) is 5.75 Å². The summed E-state index contributed by atoms with van der Waals surface area (Å²) in [6, 6.07) is 26.2. The Hall–Kier alpha value is -3.78. The third kappa shape index (κ3) is 6.92. The van der Waals surface area contributed by atoms with Crippen molar-refractivity contribution in [1.82, 2.24) is 20.1 Å². The summed E-state index contributed by atoms with van der Waals surface area (Å²) in [5.41, 5.74) is 4.14. The first-order valence-corrected chi connectivity index (χ1v) is 13.4. The van der Waals surface area contributed by atoms with Crippen LogP contribution < -0.4 is 15.0 Å². The molecular formula is C29H33N5O2S. The largest absolute Gasteiger partial charge is 0.496 e. The lowest BCUT2D eigenvalue weighted by Gasteiger charge is -2.19. The first-order valence-electron chi connectivity index (χ1n) is 12.4. The van der Waals surface area contributed by atoms with Crippen LogP contribution in [-0.4, -0.2) is 53.7 Å². The average molecular weight is 516 g/mol. The number of aryl methyl sites for hydroxylation is 1. The zero-order chi connectivity index (χ0) is 26.0. The highest BCUT2D eigenvalue weighted by Gasteiger charge is 2.19. The molecule has 0 fully saturated rings. The Morgan fingerprint density at radius 1 is 0.973 bits per heavy atom. The molecule has 0 aliphatic heterocycles. The van der Waals surface area contributed by atoms with Crippen LogP contribution in [0.1, 0.15) is 18.4 Å². The fourth-order valence-electron chi connectivity index (χ4n) is 3.99. The molecule has 0 radical (unpaired) electrons. The molecule has 4 rings (SSSR count). The van der Waals surface area contributed by atoms with Gasteiger partial charge in [0.2, 0.25) is 5.91 Å². The number of amides is 1. The molecule has 0 spiro atoms. The Labute approximate surface area is 222 Å². The van der Waals surface area contributed by atoms with Gasteiger partial charge in [-0.3, -0.25) is 9.36 Å². The van der Waals surface area contributed by atoms with Gasteiger partial charge in [0.25, 0.3) is 0 Å². The number of carbonyl (C=O) groups is 1. The Bertz CT molecular complexity index is 1290. The molecule has 0 aliphatic carbocycles. The Morgan fingerprint density at radius 2 is 1.70 bits per heavy atom. The third-order valence-corrected chi connectivity index (χ3v) is 6.97. The van der Waals surface area contributed by atoms with E-state index < -0.39 is 0 Å². The topological polar surface area (TPSA) is 72.3 Å². The van der Waals surface area contributed by atoms with Crippen LogP contribution in [-0.2, 0) is 4.79 Å². The fraction of sp³-hybridized carbons (Fsp3) is 0.276. The van der Waals surface area contributed by atoms with Gasteiger partial charge in [0.1, 0.15) is 5.75 Å². The number of rotatable bonds is 12. The first kappa shape index (κ1) is 26.3. The van der Waals surface area contributed by atoms with Crippen LogP contribution in [0.3, 0.4) is 0 Å². The second kappa shape index (κ2) is 13.0. The van der Waals surface area contributed by atoms with E-state index >= 15 is 0 Å². The fourth-order valence-corrected chi connectivity index (χ4v) is 4.77. The number of para-hydroxylation sites is 2. The first-order chi connectivity index (χ1) is 18.1. The maximum Gasteiger partial charge on any atom is 0.230 e. The van der Waals surface area contributed by atoms with E-state index in [2.05, 4.69) is 58.7 Å². The Balaban J connectivity index is 1.36. The van der Waals surface area contributed by atoms with Crippen molar-refractivity contribution < 1.29 is 9.53 Å². The molecule has 4 aromatic rings. The third-order valence-electron chi connectivity index (χ3n) is 6.05. The molecule has 3 aromatic carbocycles. The lowest BCUT2D eigenvalue weighted by atomic mass is 10.1. The van der Waals surface area contributed by atoms with Crippen LogP contribution in [0, 0.1) is 6.92 Å². The molecule has 8 heteroatoms. The summed E-state index contributed by atoms with van der Waals surface area (Å²) in [6.45, 7) is 3.65. The summed E-state index contributed by atoms with van der Waals surface area (Å²) in [5.74, 6) is 1.64. The number of carbonyl (C=O) groups excluding carboxylic acids is 1. The Kier molecular flexibility index (Phi) is 9.21. The molecule has 0 saturated carbocycles. The number of nitrogens with one attached hydrogen (secondary N) is 1. The lowest BCUT2D eigenvalue weighted by molar-refractivity contribution is -0.118. The van der Waals surface area contributed by atoms with E-state index in [4.69, 9.17) is 4.74 Å². The van der Waals surface area contributed by atoms with Gasteiger partial charge < -0.3 is 15.0 Å².